The number of carbonyl (C=O) groups excluding carboxylic acids is 1. The smallest absolute Gasteiger partial charge is 0.259 e. The van der Waals surface area contributed by atoms with Crippen molar-refractivity contribution in [2.24, 2.45) is 0 Å². The lowest BCUT2D eigenvalue weighted by atomic mass is 10.1. The Balaban J connectivity index is 2.24. The quantitative estimate of drug-likeness (QED) is 0.661. The van der Waals surface area contributed by atoms with Gasteiger partial charge in [0, 0.05) is 22.2 Å². The van der Waals surface area contributed by atoms with Crippen LogP contribution in [0.2, 0.25) is 0 Å². The Labute approximate surface area is 107 Å². The maximum Gasteiger partial charge on any atom is 0.259 e. The molecule has 0 aliphatic rings. The van der Waals surface area contributed by atoms with Crippen LogP contribution in [0.25, 0.3) is 0 Å². The number of rotatable bonds is 3. The van der Waals surface area contributed by atoms with E-state index in [0.29, 0.717) is 16.4 Å². The van der Waals surface area contributed by atoms with Gasteiger partial charge in [-0.3, -0.25) is 10.1 Å². The molecule has 1 amide bonds. The molecule has 6 heteroatoms. The van der Waals surface area contributed by atoms with E-state index < -0.39 is 0 Å². The molecule has 0 fully saturated rings. The van der Waals surface area contributed by atoms with Gasteiger partial charge in [-0.15, -0.1) is 23.1 Å². The monoisotopic (exact) mass is 265 g/mol. The van der Waals surface area contributed by atoms with E-state index in [1.165, 1.54) is 11.3 Å². The number of amides is 1. The SMILES string of the molecule is CSc1ccc(N)c(C(=O)Nc2nccs2)c1. The van der Waals surface area contributed by atoms with Gasteiger partial charge < -0.3 is 5.73 Å². The lowest BCUT2D eigenvalue weighted by molar-refractivity contribution is 0.102. The summed E-state index contributed by atoms with van der Waals surface area (Å²) >= 11 is 2.94. The predicted octanol–water partition coefficient (Wildman–Crippen LogP) is 2.70. The Hall–Kier alpha value is -1.53. The van der Waals surface area contributed by atoms with Crippen molar-refractivity contribution in [3.63, 3.8) is 0 Å². The zero-order chi connectivity index (χ0) is 12.3. The van der Waals surface area contributed by atoms with E-state index in [-0.39, 0.29) is 5.91 Å². The minimum atomic E-state index is -0.228. The van der Waals surface area contributed by atoms with E-state index >= 15 is 0 Å². The van der Waals surface area contributed by atoms with E-state index in [1.807, 2.05) is 12.3 Å². The number of nitrogen functional groups attached to an aromatic ring is 1. The Morgan fingerprint density at radius 1 is 1.53 bits per heavy atom. The second kappa shape index (κ2) is 5.20. The summed E-state index contributed by atoms with van der Waals surface area (Å²) in [6, 6.07) is 5.41. The fourth-order valence-electron chi connectivity index (χ4n) is 1.31. The van der Waals surface area contributed by atoms with Crippen molar-refractivity contribution in [3.05, 3.63) is 35.3 Å². The van der Waals surface area contributed by atoms with Gasteiger partial charge in [-0.2, -0.15) is 0 Å². The maximum atomic E-state index is 12.0. The molecule has 2 aromatic rings. The highest BCUT2D eigenvalue weighted by molar-refractivity contribution is 7.98. The van der Waals surface area contributed by atoms with Crippen LogP contribution in [0.15, 0.2) is 34.7 Å². The molecule has 0 radical (unpaired) electrons. The Bertz CT molecular complexity index is 526. The summed E-state index contributed by atoms with van der Waals surface area (Å²) in [7, 11) is 0. The van der Waals surface area contributed by atoms with Crippen molar-refractivity contribution in [2.75, 3.05) is 17.3 Å². The van der Waals surface area contributed by atoms with Crippen molar-refractivity contribution in [3.8, 4) is 0 Å². The van der Waals surface area contributed by atoms with E-state index in [1.54, 1.807) is 35.5 Å². The van der Waals surface area contributed by atoms with E-state index in [0.717, 1.165) is 4.90 Å². The molecule has 4 nitrogen and oxygen atoms in total. The van der Waals surface area contributed by atoms with Crippen LogP contribution >= 0.6 is 23.1 Å². The van der Waals surface area contributed by atoms with Gasteiger partial charge in [0.1, 0.15) is 0 Å². The molecule has 0 bridgehead atoms. The number of nitrogens with one attached hydrogen (secondary N) is 1. The van der Waals surface area contributed by atoms with Gasteiger partial charge in [0.25, 0.3) is 5.91 Å². The molecule has 0 saturated heterocycles. The number of hydrogen-bond donors (Lipinski definition) is 2. The lowest BCUT2D eigenvalue weighted by Crippen LogP contribution is -2.13. The number of thioether (sulfide) groups is 1. The highest BCUT2D eigenvalue weighted by Gasteiger charge is 2.11. The van der Waals surface area contributed by atoms with Crippen LogP contribution < -0.4 is 11.1 Å². The normalized spacial score (nSPS) is 10.2. The Kier molecular flexibility index (Phi) is 3.65. The van der Waals surface area contributed by atoms with Gasteiger partial charge in [-0.1, -0.05) is 0 Å². The summed E-state index contributed by atoms with van der Waals surface area (Å²) < 4.78 is 0. The third-order valence-corrected chi connectivity index (χ3v) is 3.57. The van der Waals surface area contributed by atoms with Gasteiger partial charge >= 0.3 is 0 Å². The topological polar surface area (TPSA) is 68.0 Å². The number of benzene rings is 1. The summed E-state index contributed by atoms with van der Waals surface area (Å²) in [5, 5.41) is 5.09. The van der Waals surface area contributed by atoms with Crippen LogP contribution in [0.1, 0.15) is 10.4 Å². The maximum absolute atomic E-state index is 12.0. The second-order valence-electron chi connectivity index (χ2n) is 3.24. The van der Waals surface area contributed by atoms with Gasteiger partial charge in [0.05, 0.1) is 5.56 Å². The number of nitrogens with zero attached hydrogens (tertiary/aromatic N) is 1. The van der Waals surface area contributed by atoms with Gasteiger partial charge in [-0.25, -0.2) is 4.98 Å². The van der Waals surface area contributed by atoms with E-state index in [2.05, 4.69) is 10.3 Å². The fraction of sp³-hybridized carbons (Fsp3) is 0.0909. The first-order valence-corrected chi connectivity index (χ1v) is 6.95. The van der Waals surface area contributed by atoms with Crippen LogP contribution in [-0.4, -0.2) is 17.1 Å². The molecule has 1 heterocycles. The number of nitrogens with two attached hydrogens (primary N) is 1. The van der Waals surface area contributed by atoms with Crippen molar-refractivity contribution in [1.82, 2.24) is 4.98 Å². The first kappa shape index (κ1) is 11.9. The molecule has 2 rings (SSSR count). The molecule has 88 valence electrons. The molecule has 0 unspecified atom stereocenters. The molecule has 17 heavy (non-hydrogen) atoms. The van der Waals surface area contributed by atoms with Crippen LogP contribution in [-0.2, 0) is 0 Å². The van der Waals surface area contributed by atoms with Crippen molar-refractivity contribution < 1.29 is 4.79 Å². The third-order valence-electron chi connectivity index (χ3n) is 2.16. The molecular weight excluding hydrogens is 254 g/mol. The molecule has 0 saturated carbocycles. The standard InChI is InChI=1S/C11H11N3OS2/c1-16-7-2-3-9(12)8(6-7)10(15)14-11-13-4-5-17-11/h2-6H,12H2,1H3,(H,13,14,15). The molecule has 3 N–H and O–H groups in total. The van der Waals surface area contributed by atoms with Crippen molar-refractivity contribution in [1.29, 1.82) is 0 Å². The highest BCUT2D eigenvalue weighted by atomic mass is 32.2. The summed E-state index contributed by atoms with van der Waals surface area (Å²) in [4.78, 5) is 17.0. The predicted molar refractivity (Wildman–Crippen MR) is 72.7 cm³/mol. The molecule has 0 aliphatic carbocycles. The highest BCUT2D eigenvalue weighted by Crippen LogP contribution is 2.22. The van der Waals surface area contributed by atoms with Crippen LogP contribution in [0.5, 0.6) is 0 Å². The zero-order valence-corrected chi connectivity index (χ0v) is 10.8. The largest absolute Gasteiger partial charge is 0.398 e. The summed E-state index contributed by atoms with van der Waals surface area (Å²) in [5.41, 5.74) is 6.73. The Morgan fingerprint density at radius 3 is 3.00 bits per heavy atom. The molecular formula is C11H11N3OS2. The molecule has 0 aliphatic heterocycles. The van der Waals surface area contributed by atoms with Gasteiger partial charge in [-0.05, 0) is 24.5 Å². The van der Waals surface area contributed by atoms with Gasteiger partial charge in [0.15, 0.2) is 5.13 Å². The fourth-order valence-corrected chi connectivity index (χ4v) is 2.27. The van der Waals surface area contributed by atoms with Gasteiger partial charge in [0.2, 0.25) is 0 Å². The van der Waals surface area contributed by atoms with Crippen LogP contribution in [0.4, 0.5) is 10.8 Å². The molecule has 0 atom stereocenters. The van der Waals surface area contributed by atoms with Crippen LogP contribution in [0, 0.1) is 0 Å². The lowest BCUT2D eigenvalue weighted by Gasteiger charge is -2.06. The Morgan fingerprint density at radius 2 is 2.35 bits per heavy atom. The number of aromatic nitrogens is 1. The number of hydrogen-bond acceptors (Lipinski definition) is 5. The molecule has 1 aromatic heterocycles. The number of thiazole rings is 1. The third kappa shape index (κ3) is 2.78. The number of anilines is 2. The van der Waals surface area contributed by atoms with E-state index in [4.69, 9.17) is 5.73 Å². The zero-order valence-electron chi connectivity index (χ0n) is 9.14. The van der Waals surface area contributed by atoms with Crippen molar-refractivity contribution in [2.45, 2.75) is 4.90 Å². The first-order valence-electron chi connectivity index (χ1n) is 4.85. The van der Waals surface area contributed by atoms with E-state index in [9.17, 15) is 4.79 Å². The summed E-state index contributed by atoms with van der Waals surface area (Å²) in [6.45, 7) is 0. The average Bonchev–Trinajstić information content (AvgIpc) is 2.82. The second-order valence-corrected chi connectivity index (χ2v) is 5.02. The minimum absolute atomic E-state index is 0.228. The first-order chi connectivity index (χ1) is 8.20. The average molecular weight is 265 g/mol. The molecule has 0 spiro atoms. The van der Waals surface area contributed by atoms with Crippen molar-refractivity contribution >= 4 is 39.8 Å². The summed E-state index contributed by atoms with van der Waals surface area (Å²) in [5.74, 6) is -0.228. The number of carbonyl (C=O) groups is 1. The minimum Gasteiger partial charge on any atom is -0.398 e. The molecule has 1 aromatic carbocycles. The van der Waals surface area contributed by atoms with Crippen LogP contribution in [0.3, 0.4) is 0 Å². The summed E-state index contributed by atoms with van der Waals surface area (Å²) in [6.07, 6.45) is 3.59.